The second-order valence-electron chi connectivity index (χ2n) is 7.98. The van der Waals surface area contributed by atoms with Gasteiger partial charge in [-0.15, -0.1) is 5.10 Å². The monoisotopic (exact) mass is 472 g/mol. The number of hydrogen-bond donors (Lipinski definition) is 2. The number of aliphatic hydroxyl groups excluding tert-OH is 1. The molecular formula is C23H28N4O5S. The van der Waals surface area contributed by atoms with E-state index in [4.69, 9.17) is 9.47 Å². The lowest BCUT2D eigenvalue weighted by Crippen LogP contribution is -2.50. The molecule has 0 spiro atoms. The van der Waals surface area contributed by atoms with E-state index in [-0.39, 0.29) is 17.6 Å². The zero-order chi connectivity index (χ0) is 23.3. The van der Waals surface area contributed by atoms with Crippen LogP contribution in [0.4, 0.5) is 0 Å². The zero-order valence-corrected chi connectivity index (χ0v) is 19.2. The molecule has 0 radical (unpaired) electrons. The van der Waals surface area contributed by atoms with Gasteiger partial charge < -0.3 is 14.6 Å². The van der Waals surface area contributed by atoms with Crippen molar-refractivity contribution in [1.82, 2.24) is 19.7 Å². The Hall–Kier alpha value is -2.79. The number of nitrogens with zero attached hydrogens (tertiary/aromatic N) is 3. The van der Waals surface area contributed by atoms with Crippen molar-refractivity contribution < 1.29 is 23.0 Å². The Morgan fingerprint density at radius 2 is 2.00 bits per heavy atom. The topological polar surface area (TPSA) is 116 Å². The third kappa shape index (κ3) is 5.77. The number of methoxy groups -OCH3 is 1. The quantitative estimate of drug-likeness (QED) is 0.491. The number of ether oxygens (including phenoxy) is 2. The van der Waals surface area contributed by atoms with Crippen LogP contribution in [0.15, 0.2) is 65.7 Å². The van der Waals surface area contributed by atoms with Gasteiger partial charge in [0.05, 0.1) is 43.1 Å². The molecule has 0 bridgehead atoms. The maximum absolute atomic E-state index is 12.8. The van der Waals surface area contributed by atoms with Gasteiger partial charge in [-0.2, -0.15) is 0 Å². The lowest BCUT2D eigenvalue weighted by atomic mass is 9.98. The molecule has 33 heavy (non-hydrogen) atoms. The summed E-state index contributed by atoms with van der Waals surface area (Å²) in [4.78, 5) is 0.112. The third-order valence-electron chi connectivity index (χ3n) is 5.74. The fourth-order valence-electron chi connectivity index (χ4n) is 3.94. The van der Waals surface area contributed by atoms with E-state index in [9.17, 15) is 13.5 Å². The van der Waals surface area contributed by atoms with Crippen molar-refractivity contribution >= 4 is 10.0 Å². The first kappa shape index (κ1) is 23.4. The van der Waals surface area contributed by atoms with Crippen molar-refractivity contribution in [2.45, 2.75) is 49.0 Å². The lowest BCUT2D eigenvalue weighted by molar-refractivity contribution is -0.0891. The average molecular weight is 473 g/mol. The van der Waals surface area contributed by atoms with Gasteiger partial charge in [-0.05, 0) is 31.4 Å². The van der Waals surface area contributed by atoms with E-state index in [0.29, 0.717) is 31.6 Å². The Morgan fingerprint density at radius 1 is 1.18 bits per heavy atom. The molecule has 0 aliphatic carbocycles. The fourth-order valence-corrected chi connectivity index (χ4v) is 5.27. The summed E-state index contributed by atoms with van der Waals surface area (Å²) in [6, 6.07) is 15.6. The van der Waals surface area contributed by atoms with Crippen molar-refractivity contribution in [3.8, 4) is 17.0 Å². The van der Waals surface area contributed by atoms with Crippen LogP contribution in [0.5, 0.6) is 5.75 Å². The van der Waals surface area contributed by atoms with E-state index in [1.165, 1.54) is 19.2 Å². The van der Waals surface area contributed by atoms with E-state index < -0.39 is 22.2 Å². The average Bonchev–Trinajstić information content (AvgIpc) is 3.33. The number of hydrogen-bond acceptors (Lipinski definition) is 7. The maximum atomic E-state index is 12.8. The van der Waals surface area contributed by atoms with E-state index in [1.807, 2.05) is 36.5 Å². The van der Waals surface area contributed by atoms with E-state index in [0.717, 1.165) is 11.3 Å². The second kappa shape index (κ2) is 10.4. The number of rotatable bonds is 9. The Balaban J connectivity index is 1.33. The number of sulfonamides is 1. The van der Waals surface area contributed by atoms with Gasteiger partial charge in [0.1, 0.15) is 11.4 Å². The van der Waals surface area contributed by atoms with Crippen molar-refractivity contribution in [2.24, 2.45) is 0 Å². The predicted octanol–water partition coefficient (Wildman–Crippen LogP) is 2.23. The molecule has 1 saturated heterocycles. The largest absolute Gasteiger partial charge is 0.497 e. The van der Waals surface area contributed by atoms with Gasteiger partial charge in [-0.3, -0.25) is 4.68 Å². The molecule has 3 atom stereocenters. The van der Waals surface area contributed by atoms with Crippen LogP contribution in [0.25, 0.3) is 11.3 Å². The van der Waals surface area contributed by atoms with Crippen LogP contribution in [-0.4, -0.2) is 60.5 Å². The molecule has 176 valence electrons. The van der Waals surface area contributed by atoms with E-state index in [1.54, 1.807) is 16.8 Å². The van der Waals surface area contributed by atoms with Crippen molar-refractivity contribution in [2.75, 3.05) is 13.7 Å². The molecule has 1 aromatic heterocycles. The molecule has 0 saturated carbocycles. The summed E-state index contributed by atoms with van der Waals surface area (Å²) in [5.41, 5.74) is 1.81. The summed E-state index contributed by atoms with van der Waals surface area (Å²) in [5, 5.41) is 18.2. The van der Waals surface area contributed by atoms with Gasteiger partial charge in [0.15, 0.2) is 0 Å². The van der Waals surface area contributed by atoms with E-state index >= 15 is 0 Å². The standard InChI is InChI=1S/C23H28N4O5S/c1-31-19-8-5-9-20(14-19)33(29,30)25-21-11-10-18(32-23(21)16-28)12-13-27-15-22(24-26-27)17-6-3-2-4-7-17/h2-9,14-15,18,21,23,25,28H,10-13,16H2,1H3/t18-,21+,23+/m1/s1. The highest BCUT2D eigenvalue weighted by Gasteiger charge is 2.34. The molecule has 2 N–H and O–H groups in total. The number of aliphatic hydroxyl groups is 1. The molecule has 4 rings (SSSR count). The second-order valence-corrected chi connectivity index (χ2v) is 9.70. The Kier molecular flexibility index (Phi) is 7.39. The van der Waals surface area contributed by atoms with Crippen LogP contribution >= 0.6 is 0 Å². The van der Waals surface area contributed by atoms with Crippen molar-refractivity contribution in [3.05, 3.63) is 60.8 Å². The van der Waals surface area contributed by atoms with Gasteiger partial charge in [0.2, 0.25) is 10.0 Å². The summed E-state index contributed by atoms with van der Waals surface area (Å²) in [7, 11) is -2.29. The number of nitrogens with one attached hydrogen (secondary N) is 1. The van der Waals surface area contributed by atoms with Crippen LogP contribution in [-0.2, 0) is 21.3 Å². The third-order valence-corrected chi connectivity index (χ3v) is 7.23. The highest BCUT2D eigenvalue weighted by molar-refractivity contribution is 7.89. The normalized spacial score (nSPS) is 21.1. The molecule has 0 unspecified atom stereocenters. The smallest absolute Gasteiger partial charge is 0.241 e. The summed E-state index contributed by atoms with van der Waals surface area (Å²) in [6.07, 6.45) is 3.08. The number of aromatic nitrogens is 3. The lowest BCUT2D eigenvalue weighted by Gasteiger charge is -2.36. The van der Waals surface area contributed by atoms with Gasteiger partial charge >= 0.3 is 0 Å². The molecular weight excluding hydrogens is 444 g/mol. The molecule has 1 aliphatic rings. The minimum absolute atomic E-state index is 0.107. The molecule has 9 nitrogen and oxygen atoms in total. The SMILES string of the molecule is COc1cccc(S(=O)(=O)N[C@H]2CC[C@H](CCn3cc(-c4ccccc4)nn3)O[C@H]2CO)c1. The van der Waals surface area contributed by atoms with Crippen molar-refractivity contribution in [3.63, 3.8) is 0 Å². The first-order chi connectivity index (χ1) is 16.0. The van der Waals surface area contributed by atoms with E-state index in [2.05, 4.69) is 15.0 Å². The van der Waals surface area contributed by atoms with Gasteiger partial charge in [0, 0.05) is 18.2 Å². The summed E-state index contributed by atoms with van der Waals surface area (Å²) >= 11 is 0. The minimum Gasteiger partial charge on any atom is -0.497 e. The molecule has 2 aromatic carbocycles. The van der Waals surface area contributed by atoms with Gasteiger partial charge in [-0.25, -0.2) is 13.1 Å². The summed E-state index contributed by atoms with van der Waals surface area (Å²) in [6.45, 7) is 0.339. The Labute approximate surface area is 193 Å². The molecule has 2 heterocycles. The highest BCUT2D eigenvalue weighted by Crippen LogP contribution is 2.25. The van der Waals surface area contributed by atoms with Gasteiger partial charge in [-0.1, -0.05) is 41.6 Å². The van der Waals surface area contributed by atoms with Crippen LogP contribution < -0.4 is 9.46 Å². The predicted molar refractivity (Wildman–Crippen MR) is 122 cm³/mol. The summed E-state index contributed by atoms with van der Waals surface area (Å²) in [5.74, 6) is 0.458. The van der Waals surface area contributed by atoms with Crippen LogP contribution in [0.3, 0.4) is 0 Å². The first-order valence-corrected chi connectivity index (χ1v) is 12.3. The summed E-state index contributed by atoms with van der Waals surface area (Å²) < 4.78 is 41.2. The Morgan fingerprint density at radius 3 is 2.76 bits per heavy atom. The minimum atomic E-state index is -3.78. The van der Waals surface area contributed by atoms with Gasteiger partial charge in [0.25, 0.3) is 0 Å². The van der Waals surface area contributed by atoms with Crippen molar-refractivity contribution in [1.29, 1.82) is 0 Å². The maximum Gasteiger partial charge on any atom is 0.241 e. The van der Waals surface area contributed by atoms with Crippen LogP contribution in [0.1, 0.15) is 19.3 Å². The Bertz CT molecular complexity index is 1150. The zero-order valence-electron chi connectivity index (χ0n) is 18.4. The molecule has 3 aromatic rings. The number of aryl methyl sites for hydroxylation is 1. The fraction of sp³-hybridized carbons (Fsp3) is 0.391. The van der Waals surface area contributed by atoms with Crippen LogP contribution in [0.2, 0.25) is 0 Å². The molecule has 0 amide bonds. The molecule has 1 fully saturated rings. The van der Waals surface area contributed by atoms with Crippen LogP contribution in [0, 0.1) is 0 Å². The first-order valence-electron chi connectivity index (χ1n) is 10.9. The highest BCUT2D eigenvalue weighted by atomic mass is 32.2. The molecule has 1 aliphatic heterocycles. The molecule has 10 heteroatoms. The number of benzene rings is 2.